The van der Waals surface area contributed by atoms with E-state index in [0.717, 1.165) is 0 Å². The Balaban J connectivity index is 1.80. The maximum absolute atomic E-state index is 12.9. The second-order valence-electron chi connectivity index (χ2n) is 6.64. The van der Waals surface area contributed by atoms with Crippen LogP contribution in [0.1, 0.15) is 27.1 Å². The van der Waals surface area contributed by atoms with Crippen molar-refractivity contribution in [2.75, 3.05) is 26.2 Å². The average molecular weight is 336 g/mol. The van der Waals surface area contributed by atoms with E-state index in [9.17, 15) is 9.59 Å². The Morgan fingerprint density at radius 2 is 1.28 bits per heavy atom. The van der Waals surface area contributed by atoms with Crippen molar-refractivity contribution in [3.05, 3.63) is 71.8 Å². The summed E-state index contributed by atoms with van der Waals surface area (Å²) in [5.74, 6) is -0.0953. The zero-order valence-corrected chi connectivity index (χ0v) is 14.3. The van der Waals surface area contributed by atoms with Crippen LogP contribution in [0.15, 0.2) is 60.7 Å². The van der Waals surface area contributed by atoms with Crippen molar-refractivity contribution in [2.45, 2.75) is 6.42 Å². The van der Waals surface area contributed by atoms with E-state index in [4.69, 9.17) is 5.73 Å². The first-order valence-electron chi connectivity index (χ1n) is 8.80. The molecule has 1 fully saturated rings. The summed E-state index contributed by atoms with van der Waals surface area (Å²) < 4.78 is 0. The zero-order valence-electron chi connectivity index (χ0n) is 14.3. The Morgan fingerprint density at radius 1 is 0.840 bits per heavy atom. The van der Waals surface area contributed by atoms with Gasteiger partial charge in [-0.05, 0) is 6.42 Å². The molecule has 1 heterocycles. The van der Waals surface area contributed by atoms with Crippen molar-refractivity contribution in [3.8, 4) is 0 Å². The molecule has 0 radical (unpaired) electrons. The van der Waals surface area contributed by atoms with E-state index in [1.54, 1.807) is 0 Å². The molecule has 2 aromatic rings. The standard InChI is InChI=1S/C21H24N2O2/c22-11-12-23-14-18(20(24)16-7-3-1-4-8-16)13-19(15-23)21(25)17-9-5-2-6-10-17/h1-10,18-19H,11-15,22H2/t18-,19?/m1/s1. The van der Waals surface area contributed by atoms with E-state index in [1.807, 2.05) is 60.7 Å². The molecule has 2 N–H and O–H groups in total. The Kier molecular flexibility index (Phi) is 5.74. The van der Waals surface area contributed by atoms with Crippen LogP contribution in [0.2, 0.25) is 0 Å². The van der Waals surface area contributed by atoms with Crippen LogP contribution in [0.4, 0.5) is 0 Å². The highest BCUT2D eigenvalue weighted by molar-refractivity contribution is 6.00. The lowest BCUT2D eigenvalue weighted by atomic mass is 9.81. The van der Waals surface area contributed by atoms with Gasteiger partial charge >= 0.3 is 0 Å². The fourth-order valence-electron chi connectivity index (χ4n) is 3.61. The van der Waals surface area contributed by atoms with Crippen LogP contribution in [0.3, 0.4) is 0 Å². The Morgan fingerprint density at radius 3 is 1.68 bits per heavy atom. The minimum Gasteiger partial charge on any atom is -0.329 e. The van der Waals surface area contributed by atoms with E-state index < -0.39 is 0 Å². The number of ketones is 2. The molecule has 4 heteroatoms. The minimum atomic E-state index is -0.166. The number of likely N-dealkylation sites (tertiary alicyclic amines) is 1. The number of rotatable bonds is 6. The first-order chi connectivity index (χ1) is 12.2. The third-order valence-corrected chi connectivity index (χ3v) is 4.83. The Labute approximate surface area is 148 Å². The molecular weight excluding hydrogens is 312 g/mol. The quantitative estimate of drug-likeness (QED) is 0.824. The fourth-order valence-corrected chi connectivity index (χ4v) is 3.61. The van der Waals surface area contributed by atoms with Gasteiger partial charge in [0.1, 0.15) is 0 Å². The van der Waals surface area contributed by atoms with Gasteiger partial charge in [-0.3, -0.25) is 9.59 Å². The SMILES string of the molecule is NCCN1CC(C(=O)c2ccccc2)C[C@@H](C(=O)c2ccccc2)C1. The molecule has 0 bridgehead atoms. The summed E-state index contributed by atoms with van der Waals surface area (Å²) in [6, 6.07) is 18.7. The molecule has 0 amide bonds. The molecule has 0 spiro atoms. The summed E-state index contributed by atoms with van der Waals surface area (Å²) in [7, 11) is 0. The number of nitrogens with zero attached hydrogens (tertiary/aromatic N) is 1. The fraction of sp³-hybridized carbons (Fsp3) is 0.333. The zero-order chi connectivity index (χ0) is 17.6. The van der Waals surface area contributed by atoms with Gasteiger partial charge in [0.05, 0.1) is 0 Å². The maximum Gasteiger partial charge on any atom is 0.167 e. The third-order valence-electron chi connectivity index (χ3n) is 4.83. The smallest absolute Gasteiger partial charge is 0.167 e. The number of hydrogen-bond acceptors (Lipinski definition) is 4. The molecule has 2 aromatic carbocycles. The summed E-state index contributed by atoms with van der Waals surface area (Å²) in [5.41, 5.74) is 7.14. The number of carbonyl (C=O) groups excluding carboxylic acids is 2. The highest BCUT2D eigenvalue weighted by Crippen LogP contribution is 2.27. The molecule has 3 rings (SSSR count). The molecule has 0 aromatic heterocycles. The van der Waals surface area contributed by atoms with Crippen LogP contribution in [0.5, 0.6) is 0 Å². The number of carbonyl (C=O) groups is 2. The normalized spacial score (nSPS) is 21.0. The van der Waals surface area contributed by atoms with Gasteiger partial charge in [-0.1, -0.05) is 60.7 Å². The van der Waals surface area contributed by atoms with Crippen LogP contribution < -0.4 is 5.73 Å². The molecule has 130 valence electrons. The van der Waals surface area contributed by atoms with Crippen LogP contribution in [-0.4, -0.2) is 42.6 Å². The lowest BCUT2D eigenvalue weighted by Gasteiger charge is -2.36. The van der Waals surface area contributed by atoms with Crippen molar-refractivity contribution < 1.29 is 9.59 Å². The largest absolute Gasteiger partial charge is 0.329 e. The van der Waals surface area contributed by atoms with E-state index in [-0.39, 0.29) is 23.4 Å². The predicted octanol–water partition coefficient (Wildman–Crippen LogP) is 2.65. The van der Waals surface area contributed by atoms with Gasteiger partial charge in [0.25, 0.3) is 0 Å². The average Bonchev–Trinajstić information content (AvgIpc) is 2.68. The first kappa shape index (κ1) is 17.5. The van der Waals surface area contributed by atoms with E-state index in [1.165, 1.54) is 0 Å². The summed E-state index contributed by atoms with van der Waals surface area (Å²) in [6.45, 7) is 2.57. The molecule has 2 atom stereocenters. The van der Waals surface area contributed by atoms with Gasteiger partial charge in [0.15, 0.2) is 11.6 Å². The van der Waals surface area contributed by atoms with Crippen molar-refractivity contribution in [1.29, 1.82) is 0 Å². The van der Waals surface area contributed by atoms with E-state index >= 15 is 0 Å². The summed E-state index contributed by atoms with van der Waals surface area (Å²) >= 11 is 0. The third kappa shape index (κ3) is 4.21. The first-order valence-corrected chi connectivity index (χ1v) is 8.80. The maximum atomic E-state index is 12.9. The number of hydrogen-bond donors (Lipinski definition) is 1. The summed E-state index contributed by atoms with van der Waals surface area (Å²) in [5, 5.41) is 0. The lowest BCUT2D eigenvalue weighted by molar-refractivity contribution is 0.0656. The van der Waals surface area contributed by atoms with Crippen molar-refractivity contribution in [2.24, 2.45) is 17.6 Å². The predicted molar refractivity (Wildman–Crippen MR) is 98.6 cm³/mol. The molecule has 25 heavy (non-hydrogen) atoms. The molecule has 1 saturated heterocycles. The van der Waals surface area contributed by atoms with Crippen molar-refractivity contribution >= 4 is 11.6 Å². The molecule has 1 unspecified atom stereocenters. The Bertz CT molecular complexity index is 656. The highest BCUT2D eigenvalue weighted by atomic mass is 16.1. The molecular formula is C21H24N2O2. The lowest BCUT2D eigenvalue weighted by Crippen LogP contribution is -2.47. The van der Waals surface area contributed by atoms with Gasteiger partial charge in [-0.25, -0.2) is 0 Å². The van der Waals surface area contributed by atoms with E-state index in [0.29, 0.717) is 43.7 Å². The van der Waals surface area contributed by atoms with Crippen LogP contribution in [0.25, 0.3) is 0 Å². The van der Waals surface area contributed by atoms with Crippen LogP contribution in [-0.2, 0) is 0 Å². The van der Waals surface area contributed by atoms with E-state index in [2.05, 4.69) is 4.90 Å². The van der Waals surface area contributed by atoms with Gasteiger partial charge in [0.2, 0.25) is 0 Å². The summed E-state index contributed by atoms with van der Waals surface area (Å²) in [4.78, 5) is 27.9. The number of piperidine rings is 1. The Hall–Kier alpha value is -2.30. The van der Waals surface area contributed by atoms with Gasteiger partial charge in [-0.2, -0.15) is 0 Å². The number of Topliss-reactive ketones (excluding diaryl/α,β-unsaturated/α-hetero) is 2. The van der Waals surface area contributed by atoms with Crippen molar-refractivity contribution in [3.63, 3.8) is 0 Å². The van der Waals surface area contributed by atoms with Crippen LogP contribution >= 0.6 is 0 Å². The number of benzene rings is 2. The molecule has 1 aliphatic rings. The molecule has 4 nitrogen and oxygen atoms in total. The second kappa shape index (κ2) is 8.19. The molecule has 0 aliphatic carbocycles. The van der Waals surface area contributed by atoms with Gasteiger partial charge < -0.3 is 10.6 Å². The van der Waals surface area contributed by atoms with Gasteiger partial charge in [0, 0.05) is 49.1 Å². The monoisotopic (exact) mass is 336 g/mol. The van der Waals surface area contributed by atoms with Crippen LogP contribution in [0, 0.1) is 11.8 Å². The van der Waals surface area contributed by atoms with Crippen molar-refractivity contribution in [1.82, 2.24) is 4.90 Å². The molecule has 0 saturated carbocycles. The second-order valence-corrected chi connectivity index (χ2v) is 6.64. The number of nitrogens with two attached hydrogens (primary N) is 1. The topological polar surface area (TPSA) is 63.4 Å². The highest BCUT2D eigenvalue weighted by Gasteiger charge is 2.35. The van der Waals surface area contributed by atoms with Gasteiger partial charge in [-0.15, -0.1) is 0 Å². The minimum absolute atomic E-state index is 0.119. The molecule has 1 aliphatic heterocycles. The summed E-state index contributed by atoms with van der Waals surface area (Å²) in [6.07, 6.45) is 0.600.